The predicted molar refractivity (Wildman–Crippen MR) is 241 cm³/mol. The number of allylic oxidation sites excluding steroid dienone is 4. The van der Waals surface area contributed by atoms with Crippen molar-refractivity contribution in [2.45, 2.75) is 236 Å². The molecule has 0 aromatic carbocycles. The summed E-state index contributed by atoms with van der Waals surface area (Å²) in [6.45, 7) is 3.08. The summed E-state index contributed by atoms with van der Waals surface area (Å²) in [5, 5.41) is 60.1. The topological polar surface area (TPSA) is 230 Å². The molecule has 14 nitrogen and oxygen atoms in total. The maximum absolute atomic E-state index is 12.8. The SMILES string of the molecule is CC/C=C/CC(O)/C=C/C=C/CCCCCCCC(=O)OC[C@H](COP(=O)(O)OC1[C@H](O)[C@H](O)C(O)[C@H](O)[C@H]1O)OC(=O)CCCCCCCCCCCCCCCCCCC. The highest BCUT2D eigenvalue weighted by atomic mass is 31.2. The molecule has 15 heteroatoms. The van der Waals surface area contributed by atoms with Gasteiger partial charge >= 0.3 is 19.8 Å². The zero-order valence-corrected chi connectivity index (χ0v) is 38.9. The average molecular weight is 905 g/mol. The summed E-state index contributed by atoms with van der Waals surface area (Å²) in [6.07, 6.45) is 25.2. The lowest BCUT2D eigenvalue weighted by Gasteiger charge is -2.41. The molecular weight excluding hydrogens is 819 g/mol. The average Bonchev–Trinajstić information content (AvgIpc) is 3.25. The van der Waals surface area contributed by atoms with Crippen LogP contribution >= 0.6 is 7.82 Å². The molecule has 4 unspecified atom stereocenters. The van der Waals surface area contributed by atoms with E-state index in [2.05, 4.69) is 13.0 Å². The Morgan fingerprint density at radius 3 is 1.56 bits per heavy atom. The van der Waals surface area contributed by atoms with Crippen molar-refractivity contribution in [2.24, 2.45) is 0 Å². The highest BCUT2D eigenvalue weighted by molar-refractivity contribution is 7.47. The summed E-state index contributed by atoms with van der Waals surface area (Å²) >= 11 is 0. The number of aliphatic hydroxyl groups is 6. The number of carbonyl (C=O) groups excluding carboxylic acids is 2. The Kier molecular flexibility index (Phi) is 34.9. The first-order valence-corrected chi connectivity index (χ1v) is 25.4. The minimum atomic E-state index is -5.13. The molecule has 0 aromatic heterocycles. The fraction of sp³-hybridized carbons (Fsp3) is 0.830. The van der Waals surface area contributed by atoms with Gasteiger partial charge in [-0.3, -0.25) is 18.6 Å². The van der Waals surface area contributed by atoms with Gasteiger partial charge in [-0.1, -0.05) is 172 Å². The van der Waals surface area contributed by atoms with E-state index in [4.69, 9.17) is 18.5 Å². The normalized spacial score (nSPS) is 22.7. The molecule has 0 heterocycles. The smallest absolute Gasteiger partial charge is 0.462 e. The number of esters is 2. The molecule has 1 fully saturated rings. The molecule has 0 aromatic rings. The number of rotatable bonds is 39. The Balaban J connectivity index is 2.46. The standard InChI is InChI=1S/C47H85O14P/c1-3-5-7-8-9-10-11-12-13-14-15-16-17-20-24-27-31-35-41(50)60-39(37-59-62(56,57)61-47-45(54)43(52)42(51)44(53)46(47)55)36-58-40(49)34-30-26-23-21-18-19-22-25-29-33-38(48)32-28-6-4-2/h6,22,25,28-29,33,38-39,42-48,51-55H,3-5,7-21,23-24,26-27,30-32,34-37H2,1-2H3,(H,56,57)/b25-22+,28-6+,33-29+/t38?,39-,42?,43-,44+,45-,46-,47?/m1/s1. The van der Waals surface area contributed by atoms with Crippen molar-refractivity contribution in [3.05, 3.63) is 36.5 Å². The van der Waals surface area contributed by atoms with Crippen LogP contribution in [0.25, 0.3) is 0 Å². The third-order valence-corrected chi connectivity index (χ3v) is 12.1. The summed E-state index contributed by atoms with van der Waals surface area (Å²) in [6, 6.07) is 0. The molecule has 1 aliphatic carbocycles. The molecule has 0 bridgehead atoms. The number of ether oxygens (including phenoxy) is 2. The van der Waals surface area contributed by atoms with Crippen molar-refractivity contribution in [3.63, 3.8) is 0 Å². The van der Waals surface area contributed by atoms with Gasteiger partial charge in [-0.15, -0.1) is 0 Å². The van der Waals surface area contributed by atoms with Gasteiger partial charge in [0, 0.05) is 12.8 Å². The third-order valence-electron chi connectivity index (χ3n) is 11.1. The zero-order valence-electron chi connectivity index (χ0n) is 38.0. The van der Waals surface area contributed by atoms with Gasteiger partial charge < -0.3 is 45.0 Å². The number of phosphoric ester groups is 1. The quantitative estimate of drug-likeness (QED) is 0.0101. The summed E-state index contributed by atoms with van der Waals surface area (Å²) in [7, 11) is -5.13. The van der Waals surface area contributed by atoms with Crippen molar-refractivity contribution >= 4 is 19.8 Å². The minimum absolute atomic E-state index is 0.0848. The van der Waals surface area contributed by atoms with Crippen LogP contribution in [0, 0.1) is 0 Å². The molecule has 362 valence electrons. The Bertz CT molecular complexity index is 1250. The maximum Gasteiger partial charge on any atom is 0.472 e. The van der Waals surface area contributed by atoms with Crippen LogP contribution in [-0.4, -0.2) is 110 Å². The van der Waals surface area contributed by atoms with Crippen LogP contribution in [0.15, 0.2) is 36.5 Å². The lowest BCUT2D eigenvalue weighted by Crippen LogP contribution is -2.64. The number of unbranched alkanes of at least 4 members (excludes halogenated alkanes) is 21. The van der Waals surface area contributed by atoms with Crippen molar-refractivity contribution in [2.75, 3.05) is 13.2 Å². The van der Waals surface area contributed by atoms with E-state index >= 15 is 0 Å². The van der Waals surface area contributed by atoms with Crippen molar-refractivity contribution < 1.29 is 68.2 Å². The zero-order chi connectivity index (χ0) is 45.9. The first-order valence-electron chi connectivity index (χ1n) is 23.9. The van der Waals surface area contributed by atoms with E-state index in [-0.39, 0.29) is 12.8 Å². The van der Waals surface area contributed by atoms with Crippen molar-refractivity contribution in [1.82, 2.24) is 0 Å². The third kappa shape index (κ3) is 29.5. The number of hydrogen-bond acceptors (Lipinski definition) is 13. The molecule has 1 saturated carbocycles. The molecule has 0 radical (unpaired) electrons. The highest BCUT2D eigenvalue weighted by Crippen LogP contribution is 2.47. The largest absolute Gasteiger partial charge is 0.472 e. The fourth-order valence-corrected chi connectivity index (χ4v) is 8.18. The molecule has 0 aliphatic heterocycles. The summed E-state index contributed by atoms with van der Waals surface area (Å²) in [5.74, 6) is -1.15. The molecular formula is C47H85O14P. The second-order valence-corrected chi connectivity index (χ2v) is 18.2. The van der Waals surface area contributed by atoms with Gasteiger partial charge in [-0.25, -0.2) is 4.57 Å². The van der Waals surface area contributed by atoms with E-state index in [0.717, 1.165) is 64.2 Å². The van der Waals surface area contributed by atoms with Crippen LogP contribution in [-0.2, 0) is 32.7 Å². The van der Waals surface area contributed by atoms with Gasteiger partial charge in [0.25, 0.3) is 0 Å². The maximum atomic E-state index is 12.8. The lowest BCUT2D eigenvalue weighted by molar-refractivity contribution is -0.220. The number of phosphoric acid groups is 1. The molecule has 9 atom stereocenters. The van der Waals surface area contributed by atoms with E-state index < -0.39 is 81.8 Å². The fourth-order valence-electron chi connectivity index (χ4n) is 7.21. The first kappa shape index (κ1) is 58.0. The summed E-state index contributed by atoms with van der Waals surface area (Å²) in [4.78, 5) is 35.7. The second-order valence-electron chi connectivity index (χ2n) is 16.8. The molecule has 7 N–H and O–H groups in total. The van der Waals surface area contributed by atoms with E-state index in [0.29, 0.717) is 19.3 Å². The van der Waals surface area contributed by atoms with Crippen LogP contribution in [0.1, 0.15) is 187 Å². The van der Waals surface area contributed by atoms with E-state index in [1.165, 1.54) is 77.0 Å². The van der Waals surface area contributed by atoms with Gasteiger partial charge in [0.1, 0.15) is 43.2 Å². The second kappa shape index (κ2) is 37.3. The van der Waals surface area contributed by atoms with E-state index in [1.54, 1.807) is 6.08 Å². The Labute approximate surface area is 372 Å². The first-order chi connectivity index (χ1) is 29.8. The Hall–Kier alpha value is -1.97. The van der Waals surface area contributed by atoms with Crippen LogP contribution in [0.5, 0.6) is 0 Å². The lowest BCUT2D eigenvalue weighted by atomic mass is 9.85. The minimum Gasteiger partial charge on any atom is -0.462 e. The molecule has 0 saturated heterocycles. The van der Waals surface area contributed by atoms with Gasteiger partial charge in [-0.2, -0.15) is 0 Å². The molecule has 62 heavy (non-hydrogen) atoms. The molecule has 1 rings (SSSR count). The Morgan fingerprint density at radius 1 is 0.581 bits per heavy atom. The van der Waals surface area contributed by atoms with Crippen LogP contribution < -0.4 is 0 Å². The monoisotopic (exact) mass is 905 g/mol. The van der Waals surface area contributed by atoms with Gasteiger partial charge in [-0.05, 0) is 38.5 Å². The molecule has 0 spiro atoms. The van der Waals surface area contributed by atoms with E-state index in [1.807, 2.05) is 31.2 Å². The van der Waals surface area contributed by atoms with Gasteiger partial charge in [0.2, 0.25) is 0 Å². The highest BCUT2D eigenvalue weighted by Gasteiger charge is 2.51. The van der Waals surface area contributed by atoms with Crippen LogP contribution in [0.3, 0.4) is 0 Å². The van der Waals surface area contributed by atoms with Crippen LogP contribution in [0.2, 0.25) is 0 Å². The predicted octanol–water partition coefficient (Wildman–Crippen LogP) is 8.36. The Morgan fingerprint density at radius 2 is 1.05 bits per heavy atom. The van der Waals surface area contributed by atoms with Gasteiger partial charge in [0.15, 0.2) is 6.10 Å². The summed E-state index contributed by atoms with van der Waals surface area (Å²) in [5.41, 5.74) is 0. The number of hydrogen-bond donors (Lipinski definition) is 7. The van der Waals surface area contributed by atoms with Crippen molar-refractivity contribution in [3.8, 4) is 0 Å². The van der Waals surface area contributed by atoms with Crippen molar-refractivity contribution in [1.29, 1.82) is 0 Å². The van der Waals surface area contributed by atoms with Crippen LogP contribution in [0.4, 0.5) is 0 Å². The van der Waals surface area contributed by atoms with E-state index in [9.17, 15) is 49.7 Å². The molecule has 1 aliphatic rings. The summed E-state index contributed by atoms with van der Waals surface area (Å²) < 4.78 is 33.5. The van der Waals surface area contributed by atoms with Gasteiger partial charge in [0.05, 0.1) is 12.7 Å². The number of aliphatic hydroxyl groups excluding tert-OH is 6. The number of carbonyl (C=O) groups is 2. The molecule has 0 amide bonds.